The van der Waals surface area contributed by atoms with Gasteiger partial charge in [0.05, 0.1) is 12.6 Å². The fraction of sp³-hybridized carbons (Fsp3) is 0.238. The molecule has 0 unspecified atom stereocenters. The lowest BCUT2D eigenvalue weighted by Gasteiger charge is -2.14. The molecule has 2 aromatic carbocycles. The van der Waals surface area contributed by atoms with Crippen LogP contribution in [0.5, 0.6) is 5.75 Å². The van der Waals surface area contributed by atoms with Crippen LogP contribution < -0.4 is 10.1 Å². The maximum atomic E-state index is 12.5. The number of carbonyl (C=O) groups is 1. The third-order valence-corrected chi connectivity index (χ3v) is 4.22. The second-order valence-electron chi connectivity index (χ2n) is 6.13. The van der Waals surface area contributed by atoms with Crippen molar-refractivity contribution in [1.29, 1.82) is 0 Å². The summed E-state index contributed by atoms with van der Waals surface area (Å²) < 4.78 is 5.41. The summed E-state index contributed by atoms with van der Waals surface area (Å²) in [6.07, 6.45) is 1.80. The van der Waals surface area contributed by atoms with Gasteiger partial charge in [-0.1, -0.05) is 42.5 Å². The smallest absolute Gasteiger partial charge is 0.270 e. The van der Waals surface area contributed by atoms with Gasteiger partial charge in [0.15, 0.2) is 0 Å². The highest BCUT2D eigenvalue weighted by Crippen LogP contribution is 2.25. The molecule has 0 aliphatic heterocycles. The van der Waals surface area contributed by atoms with E-state index in [1.165, 1.54) is 5.56 Å². The number of nitrogens with zero attached hydrogens (tertiary/aromatic N) is 1. The molecule has 1 aromatic heterocycles. The Bertz CT molecular complexity index is 862. The van der Waals surface area contributed by atoms with Crippen LogP contribution in [0.25, 0.3) is 10.9 Å². The molecule has 0 spiro atoms. The number of hydrogen-bond acceptors (Lipinski definition) is 3. The van der Waals surface area contributed by atoms with Crippen molar-refractivity contribution >= 4 is 16.8 Å². The Morgan fingerprint density at radius 2 is 1.84 bits per heavy atom. The van der Waals surface area contributed by atoms with E-state index in [2.05, 4.69) is 22.4 Å². The molecule has 1 amide bonds. The Morgan fingerprint density at radius 3 is 2.60 bits per heavy atom. The molecule has 0 saturated heterocycles. The van der Waals surface area contributed by atoms with Crippen molar-refractivity contribution < 1.29 is 9.53 Å². The minimum absolute atomic E-state index is 0.0620. The lowest BCUT2D eigenvalue weighted by atomic mass is 10.1. The molecule has 1 heterocycles. The Morgan fingerprint density at radius 1 is 1.12 bits per heavy atom. The van der Waals surface area contributed by atoms with Crippen molar-refractivity contribution in [3.05, 3.63) is 71.9 Å². The SMILES string of the molecule is COc1cc(C(=O)N[C@@H](C)CCc2ccccc2)nc2ccccc12. The van der Waals surface area contributed by atoms with E-state index in [0.717, 1.165) is 23.7 Å². The fourth-order valence-corrected chi connectivity index (χ4v) is 2.83. The van der Waals surface area contributed by atoms with Crippen molar-refractivity contribution in [2.45, 2.75) is 25.8 Å². The number of hydrogen-bond donors (Lipinski definition) is 1. The first-order valence-electron chi connectivity index (χ1n) is 8.46. The molecule has 3 rings (SSSR count). The van der Waals surface area contributed by atoms with E-state index in [0.29, 0.717) is 11.4 Å². The maximum absolute atomic E-state index is 12.5. The lowest BCUT2D eigenvalue weighted by molar-refractivity contribution is 0.0933. The Labute approximate surface area is 147 Å². The van der Waals surface area contributed by atoms with Gasteiger partial charge in [-0.05, 0) is 37.5 Å². The quantitative estimate of drug-likeness (QED) is 0.741. The molecule has 1 N–H and O–H groups in total. The number of fused-ring (bicyclic) bond motifs is 1. The van der Waals surface area contributed by atoms with Gasteiger partial charge in [-0.3, -0.25) is 4.79 Å². The summed E-state index contributed by atoms with van der Waals surface area (Å²) in [6, 6.07) is 19.7. The Balaban J connectivity index is 1.69. The molecule has 0 saturated carbocycles. The molecular formula is C21H22N2O2. The third-order valence-electron chi connectivity index (χ3n) is 4.22. The van der Waals surface area contributed by atoms with Crippen LogP contribution in [0.3, 0.4) is 0 Å². The molecule has 0 fully saturated rings. The number of ether oxygens (including phenoxy) is 1. The number of methoxy groups -OCH3 is 1. The molecule has 4 heteroatoms. The normalized spacial score (nSPS) is 11.9. The first-order valence-corrected chi connectivity index (χ1v) is 8.46. The van der Waals surface area contributed by atoms with Gasteiger partial charge in [0, 0.05) is 17.5 Å². The van der Waals surface area contributed by atoms with E-state index >= 15 is 0 Å². The molecular weight excluding hydrogens is 312 g/mol. The summed E-state index contributed by atoms with van der Waals surface area (Å²) in [7, 11) is 1.60. The molecule has 0 aliphatic carbocycles. The van der Waals surface area contributed by atoms with Gasteiger partial charge in [0.25, 0.3) is 5.91 Å². The van der Waals surface area contributed by atoms with E-state index in [9.17, 15) is 4.79 Å². The molecule has 0 bridgehead atoms. The van der Waals surface area contributed by atoms with Crippen molar-refractivity contribution in [2.75, 3.05) is 7.11 Å². The molecule has 4 nitrogen and oxygen atoms in total. The van der Waals surface area contributed by atoms with Gasteiger partial charge < -0.3 is 10.1 Å². The Hall–Kier alpha value is -2.88. The maximum Gasteiger partial charge on any atom is 0.270 e. The van der Waals surface area contributed by atoms with Gasteiger partial charge in [0.1, 0.15) is 11.4 Å². The molecule has 0 radical (unpaired) electrons. The summed E-state index contributed by atoms with van der Waals surface area (Å²) in [5.41, 5.74) is 2.40. The van der Waals surface area contributed by atoms with E-state index in [4.69, 9.17) is 4.74 Å². The first kappa shape index (κ1) is 17.0. The minimum Gasteiger partial charge on any atom is -0.496 e. The topological polar surface area (TPSA) is 51.2 Å². The van der Waals surface area contributed by atoms with Crippen LogP contribution >= 0.6 is 0 Å². The van der Waals surface area contributed by atoms with Gasteiger partial charge in [-0.2, -0.15) is 0 Å². The van der Waals surface area contributed by atoms with Crippen LogP contribution in [-0.4, -0.2) is 24.0 Å². The number of nitrogens with one attached hydrogen (secondary N) is 1. The van der Waals surface area contributed by atoms with Crippen molar-refractivity contribution in [1.82, 2.24) is 10.3 Å². The van der Waals surface area contributed by atoms with Crippen LogP contribution in [0.1, 0.15) is 29.4 Å². The van der Waals surface area contributed by atoms with E-state index in [-0.39, 0.29) is 11.9 Å². The summed E-state index contributed by atoms with van der Waals surface area (Å²) in [5, 5.41) is 3.93. The predicted molar refractivity (Wildman–Crippen MR) is 100.0 cm³/mol. The van der Waals surface area contributed by atoms with Crippen LogP contribution in [0.2, 0.25) is 0 Å². The predicted octanol–water partition coefficient (Wildman–Crippen LogP) is 3.99. The zero-order chi connectivity index (χ0) is 17.6. The van der Waals surface area contributed by atoms with Gasteiger partial charge in [0.2, 0.25) is 0 Å². The van der Waals surface area contributed by atoms with Crippen LogP contribution in [0.15, 0.2) is 60.7 Å². The van der Waals surface area contributed by atoms with Crippen LogP contribution in [0.4, 0.5) is 0 Å². The molecule has 3 aromatic rings. The zero-order valence-electron chi connectivity index (χ0n) is 14.5. The van der Waals surface area contributed by atoms with E-state index in [1.807, 2.05) is 49.4 Å². The summed E-state index contributed by atoms with van der Waals surface area (Å²) in [5.74, 6) is 0.484. The molecule has 0 aliphatic rings. The van der Waals surface area contributed by atoms with Gasteiger partial charge in [-0.25, -0.2) is 4.98 Å². The largest absolute Gasteiger partial charge is 0.496 e. The number of rotatable bonds is 6. The second kappa shape index (κ2) is 7.79. The molecule has 25 heavy (non-hydrogen) atoms. The first-order chi connectivity index (χ1) is 12.2. The molecule has 1 atom stereocenters. The van der Waals surface area contributed by atoms with Crippen LogP contribution in [0, 0.1) is 0 Å². The highest BCUT2D eigenvalue weighted by atomic mass is 16.5. The number of pyridine rings is 1. The van der Waals surface area contributed by atoms with E-state index in [1.54, 1.807) is 13.2 Å². The third kappa shape index (κ3) is 4.15. The number of amides is 1. The minimum atomic E-state index is -0.176. The highest BCUT2D eigenvalue weighted by molar-refractivity contribution is 5.97. The Kier molecular flexibility index (Phi) is 5.29. The zero-order valence-corrected chi connectivity index (χ0v) is 14.5. The average molecular weight is 334 g/mol. The second-order valence-corrected chi connectivity index (χ2v) is 6.13. The number of benzene rings is 2. The fourth-order valence-electron chi connectivity index (χ4n) is 2.83. The lowest BCUT2D eigenvalue weighted by Crippen LogP contribution is -2.33. The van der Waals surface area contributed by atoms with Crippen molar-refractivity contribution in [3.8, 4) is 5.75 Å². The van der Waals surface area contributed by atoms with E-state index < -0.39 is 0 Å². The standard InChI is InChI=1S/C21H22N2O2/c1-15(12-13-16-8-4-3-5-9-16)22-21(24)19-14-20(25-2)17-10-6-7-11-18(17)23-19/h3-11,14-15H,12-13H2,1-2H3,(H,22,24)/t15-/m0/s1. The number of carbonyl (C=O) groups excluding carboxylic acids is 1. The summed E-state index contributed by atoms with van der Waals surface area (Å²) >= 11 is 0. The number of aryl methyl sites for hydroxylation is 1. The summed E-state index contributed by atoms with van der Waals surface area (Å²) in [6.45, 7) is 2.01. The number of para-hydroxylation sites is 1. The van der Waals surface area contributed by atoms with Gasteiger partial charge >= 0.3 is 0 Å². The number of aromatic nitrogens is 1. The summed E-state index contributed by atoms with van der Waals surface area (Å²) in [4.78, 5) is 17.0. The highest BCUT2D eigenvalue weighted by Gasteiger charge is 2.14. The van der Waals surface area contributed by atoms with Crippen molar-refractivity contribution in [3.63, 3.8) is 0 Å². The average Bonchev–Trinajstić information content (AvgIpc) is 2.66. The molecule has 128 valence electrons. The van der Waals surface area contributed by atoms with Crippen LogP contribution in [-0.2, 0) is 6.42 Å². The van der Waals surface area contributed by atoms with Crippen molar-refractivity contribution in [2.24, 2.45) is 0 Å². The van der Waals surface area contributed by atoms with Gasteiger partial charge in [-0.15, -0.1) is 0 Å². The monoisotopic (exact) mass is 334 g/mol.